The predicted molar refractivity (Wildman–Crippen MR) is 66.1 cm³/mol. The Bertz CT molecular complexity index is 716. The molecule has 2 aromatic carbocycles. The van der Waals surface area contributed by atoms with Crippen molar-refractivity contribution in [2.75, 3.05) is 0 Å². The number of aromatic nitrogens is 1. The number of non-ortho nitro benzene ring substituents is 1. The van der Waals surface area contributed by atoms with Gasteiger partial charge in [-0.3, -0.25) is 10.1 Å². The lowest BCUT2D eigenvalue weighted by atomic mass is 10.1. The Balaban J connectivity index is 2.12. The van der Waals surface area contributed by atoms with Crippen LogP contribution in [-0.2, 0) is 0 Å². The highest BCUT2D eigenvalue weighted by Crippen LogP contribution is 2.29. The van der Waals surface area contributed by atoms with Crippen molar-refractivity contribution < 1.29 is 9.45 Å². The van der Waals surface area contributed by atoms with E-state index in [-0.39, 0.29) is 5.69 Å². The first-order valence-electron chi connectivity index (χ1n) is 5.35. The van der Waals surface area contributed by atoms with Gasteiger partial charge in [0.25, 0.3) is 5.69 Å². The molecule has 0 spiro atoms. The molecular formula is C13H8N2O3. The molecule has 88 valence electrons. The Hall–Kier alpha value is -2.69. The maximum atomic E-state index is 10.6. The number of nitrogens with zero attached hydrogens (tertiary/aromatic N) is 2. The molecule has 3 rings (SSSR count). The molecule has 0 fully saturated rings. The molecular weight excluding hydrogens is 232 g/mol. The molecule has 3 aromatic rings. The number of nitro benzene ring substituents is 1. The summed E-state index contributed by atoms with van der Waals surface area (Å²) in [5, 5.41) is 15.4. The van der Waals surface area contributed by atoms with Crippen molar-refractivity contribution in [1.29, 1.82) is 0 Å². The molecule has 0 aliphatic heterocycles. The summed E-state index contributed by atoms with van der Waals surface area (Å²) in [7, 11) is 0. The summed E-state index contributed by atoms with van der Waals surface area (Å²) in [5.74, 6) is 0.625. The van der Waals surface area contributed by atoms with E-state index in [1.165, 1.54) is 12.1 Å². The molecule has 1 heterocycles. The normalized spacial score (nSPS) is 10.7. The second-order valence-electron chi connectivity index (χ2n) is 3.83. The van der Waals surface area contributed by atoms with Crippen LogP contribution in [0.15, 0.2) is 53.1 Å². The summed E-state index contributed by atoms with van der Waals surface area (Å²) in [6, 6.07) is 13.8. The van der Waals surface area contributed by atoms with E-state index < -0.39 is 4.92 Å². The first-order valence-corrected chi connectivity index (χ1v) is 5.35. The molecule has 0 saturated carbocycles. The third-order valence-corrected chi connectivity index (χ3v) is 2.72. The second-order valence-corrected chi connectivity index (χ2v) is 3.83. The van der Waals surface area contributed by atoms with Gasteiger partial charge in [-0.2, -0.15) is 0 Å². The number of fused-ring (bicyclic) bond motifs is 1. The van der Waals surface area contributed by atoms with E-state index in [0.717, 1.165) is 16.5 Å². The Morgan fingerprint density at radius 2 is 1.78 bits per heavy atom. The van der Waals surface area contributed by atoms with Gasteiger partial charge in [0.1, 0.15) is 5.52 Å². The van der Waals surface area contributed by atoms with E-state index >= 15 is 0 Å². The van der Waals surface area contributed by atoms with E-state index in [1.807, 2.05) is 24.3 Å². The number of nitro groups is 1. The predicted octanol–water partition coefficient (Wildman–Crippen LogP) is 3.40. The Labute approximate surface area is 102 Å². The lowest BCUT2D eigenvalue weighted by Crippen LogP contribution is -1.86. The van der Waals surface area contributed by atoms with Crippen molar-refractivity contribution in [3.05, 3.63) is 58.6 Å². The summed E-state index contributed by atoms with van der Waals surface area (Å²) < 4.78 is 5.28. The molecule has 0 amide bonds. The van der Waals surface area contributed by atoms with Crippen LogP contribution in [0.5, 0.6) is 0 Å². The zero-order chi connectivity index (χ0) is 12.5. The molecule has 0 unspecified atom stereocenters. The monoisotopic (exact) mass is 240 g/mol. The van der Waals surface area contributed by atoms with Crippen LogP contribution >= 0.6 is 0 Å². The van der Waals surface area contributed by atoms with Crippen LogP contribution in [0.25, 0.3) is 22.2 Å². The summed E-state index contributed by atoms with van der Waals surface area (Å²) in [6.45, 7) is 0. The average molecular weight is 240 g/mol. The molecule has 0 N–H and O–H groups in total. The van der Waals surface area contributed by atoms with Crippen LogP contribution in [0.2, 0.25) is 0 Å². The fraction of sp³-hybridized carbons (Fsp3) is 0. The number of benzene rings is 2. The number of hydrogen-bond donors (Lipinski definition) is 0. The SMILES string of the molecule is O=[N+]([O-])c1ccc(-c2onc3ccccc23)cc1. The maximum absolute atomic E-state index is 10.6. The van der Waals surface area contributed by atoms with E-state index in [1.54, 1.807) is 12.1 Å². The van der Waals surface area contributed by atoms with Gasteiger partial charge in [0.05, 0.1) is 4.92 Å². The molecule has 5 heteroatoms. The Morgan fingerprint density at radius 1 is 1.06 bits per heavy atom. The highest BCUT2D eigenvalue weighted by atomic mass is 16.6. The number of hydrogen-bond acceptors (Lipinski definition) is 4. The van der Waals surface area contributed by atoms with E-state index in [0.29, 0.717) is 5.76 Å². The minimum atomic E-state index is -0.428. The van der Waals surface area contributed by atoms with Gasteiger partial charge >= 0.3 is 0 Å². The smallest absolute Gasteiger partial charge is 0.269 e. The van der Waals surface area contributed by atoms with Crippen molar-refractivity contribution in [2.24, 2.45) is 0 Å². The molecule has 0 atom stereocenters. The van der Waals surface area contributed by atoms with Crippen molar-refractivity contribution >= 4 is 16.6 Å². The van der Waals surface area contributed by atoms with Gasteiger partial charge in [-0.05, 0) is 24.3 Å². The Kier molecular flexibility index (Phi) is 2.30. The molecule has 0 saturated heterocycles. The quantitative estimate of drug-likeness (QED) is 0.508. The van der Waals surface area contributed by atoms with Gasteiger partial charge < -0.3 is 4.52 Å². The highest BCUT2D eigenvalue weighted by molar-refractivity contribution is 5.91. The molecule has 5 nitrogen and oxygen atoms in total. The number of rotatable bonds is 2. The van der Waals surface area contributed by atoms with E-state index in [4.69, 9.17) is 4.52 Å². The van der Waals surface area contributed by atoms with Gasteiger partial charge in [0.15, 0.2) is 5.76 Å². The molecule has 18 heavy (non-hydrogen) atoms. The second kappa shape index (κ2) is 3.96. The van der Waals surface area contributed by atoms with Crippen molar-refractivity contribution in [3.8, 4) is 11.3 Å². The first kappa shape index (κ1) is 10.5. The van der Waals surface area contributed by atoms with E-state index in [2.05, 4.69) is 5.16 Å². The van der Waals surface area contributed by atoms with Crippen LogP contribution in [0.3, 0.4) is 0 Å². The molecule has 1 aromatic heterocycles. The average Bonchev–Trinajstić information content (AvgIpc) is 2.82. The van der Waals surface area contributed by atoms with Gasteiger partial charge in [-0.25, -0.2) is 0 Å². The summed E-state index contributed by atoms with van der Waals surface area (Å²) in [5.41, 5.74) is 1.60. The largest absolute Gasteiger partial charge is 0.355 e. The molecule has 0 radical (unpaired) electrons. The topological polar surface area (TPSA) is 69.2 Å². The van der Waals surface area contributed by atoms with Crippen LogP contribution in [0.1, 0.15) is 0 Å². The minimum absolute atomic E-state index is 0.0579. The fourth-order valence-corrected chi connectivity index (χ4v) is 1.83. The third kappa shape index (κ3) is 1.62. The van der Waals surface area contributed by atoms with Crippen LogP contribution in [0, 0.1) is 10.1 Å². The third-order valence-electron chi connectivity index (χ3n) is 2.72. The van der Waals surface area contributed by atoms with Crippen molar-refractivity contribution in [1.82, 2.24) is 5.16 Å². The summed E-state index contributed by atoms with van der Waals surface area (Å²) >= 11 is 0. The molecule has 0 bridgehead atoms. The highest BCUT2D eigenvalue weighted by Gasteiger charge is 2.11. The van der Waals surface area contributed by atoms with Gasteiger partial charge in [0, 0.05) is 23.1 Å². The standard InChI is InChI=1S/C13H8N2O3/c16-15(17)10-7-5-9(6-8-10)13-11-3-1-2-4-12(11)14-18-13/h1-8H. The van der Waals surface area contributed by atoms with Crippen LogP contribution in [0.4, 0.5) is 5.69 Å². The van der Waals surface area contributed by atoms with Gasteiger partial charge in [0.2, 0.25) is 0 Å². The fourth-order valence-electron chi connectivity index (χ4n) is 1.83. The summed E-state index contributed by atoms with van der Waals surface area (Å²) in [4.78, 5) is 10.2. The van der Waals surface area contributed by atoms with Crippen molar-refractivity contribution in [2.45, 2.75) is 0 Å². The maximum Gasteiger partial charge on any atom is 0.269 e. The molecule has 0 aliphatic carbocycles. The Morgan fingerprint density at radius 3 is 2.50 bits per heavy atom. The first-order chi connectivity index (χ1) is 8.75. The van der Waals surface area contributed by atoms with Crippen LogP contribution < -0.4 is 0 Å². The zero-order valence-corrected chi connectivity index (χ0v) is 9.24. The lowest BCUT2D eigenvalue weighted by molar-refractivity contribution is -0.384. The minimum Gasteiger partial charge on any atom is -0.355 e. The van der Waals surface area contributed by atoms with Gasteiger partial charge in [-0.15, -0.1) is 0 Å². The van der Waals surface area contributed by atoms with Crippen molar-refractivity contribution in [3.63, 3.8) is 0 Å². The summed E-state index contributed by atoms with van der Waals surface area (Å²) in [6.07, 6.45) is 0. The van der Waals surface area contributed by atoms with Gasteiger partial charge in [-0.1, -0.05) is 17.3 Å². The zero-order valence-electron chi connectivity index (χ0n) is 9.24. The van der Waals surface area contributed by atoms with Crippen LogP contribution in [-0.4, -0.2) is 10.1 Å². The lowest BCUT2D eigenvalue weighted by Gasteiger charge is -1.96. The molecule has 0 aliphatic rings. The van der Waals surface area contributed by atoms with E-state index in [9.17, 15) is 10.1 Å².